The maximum atomic E-state index is 13.7. The lowest BCUT2D eigenvalue weighted by Gasteiger charge is -2.19. The SMILES string of the molecule is CC(C)[C@@H]([NH2+]CC(=O)Nc1ccc(Cl)cc1F)c1ccccc1. The molecule has 2 aromatic rings. The highest BCUT2D eigenvalue weighted by Crippen LogP contribution is 2.19. The van der Waals surface area contributed by atoms with E-state index in [1.165, 1.54) is 17.7 Å². The molecule has 3 N–H and O–H groups in total. The molecule has 0 radical (unpaired) electrons. The van der Waals surface area contributed by atoms with Gasteiger partial charge in [-0.05, 0) is 18.2 Å². The topological polar surface area (TPSA) is 45.7 Å². The monoisotopic (exact) mass is 335 g/mol. The molecule has 1 atom stereocenters. The maximum Gasteiger partial charge on any atom is 0.279 e. The van der Waals surface area contributed by atoms with Gasteiger partial charge in [-0.25, -0.2) is 4.39 Å². The molecule has 0 saturated heterocycles. The summed E-state index contributed by atoms with van der Waals surface area (Å²) in [6.07, 6.45) is 0. The Hall–Kier alpha value is -1.91. The van der Waals surface area contributed by atoms with E-state index in [1.54, 1.807) is 6.07 Å². The number of carbonyl (C=O) groups is 1. The van der Waals surface area contributed by atoms with Gasteiger partial charge in [-0.15, -0.1) is 0 Å². The molecule has 0 saturated carbocycles. The van der Waals surface area contributed by atoms with Crippen LogP contribution in [-0.2, 0) is 4.79 Å². The van der Waals surface area contributed by atoms with Crippen LogP contribution in [0.2, 0.25) is 5.02 Å². The van der Waals surface area contributed by atoms with Crippen LogP contribution < -0.4 is 10.6 Å². The molecule has 1 amide bonds. The average molecular weight is 336 g/mol. The Bertz CT molecular complexity index is 661. The van der Waals surface area contributed by atoms with Gasteiger partial charge in [-0.3, -0.25) is 4.79 Å². The second-order valence-electron chi connectivity index (χ2n) is 5.79. The summed E-state index contributed by atoms with van der Waals surface area (Å²) in [6, 6.07) is 14.4. The Morgan fingerprint density at radius 1 is 1.22 bits per heavy atom. The first kappa shape index (κ1) is 17.4. The van der Waals surface area contributed by atoms with Crippen molar-refractivity contribution in [2.45, 2.75) is 19.9 Å². The quantitative estimate of drug-likeness (QED) is 0.835. The van der Waals surface area contributed by atoms with Crippen molar-refractivity contribution in [1.82, 2.24) is 0 Å². The number of nitrogens with two attached hydrogens (primary N) is 1. The van der Waals surface area contributed by atoms with Crippen LogP contribution in [0.1, 0.15) is 25.5 Å². The summed E-state index contributed by atoms with van der Waals surface area (Å²) in [5, 5.41) is 4.86. The fraction of sp³-hybridized carbons (Fsp3) is 0.278. The van der Waals surface area contributed by atoms with Gasteiger partial charge in [-0.1, -0.05) is 55.8 Å². The molecule has 5 heteroatoms. The van der Waals surface area contributed by atoms with Gasteiger partial charge in [0.05, 0.1) is 5.69 Å². The van der Waals surface area contributed by atoms with E-state index >= 15 is 0 Å². The second-order valence-corrected chi connectivity index (χ2v) is 6.23. The van der Waals surface area contributed by atoms with Crippen LogP contribution in [0.5, 0.6) is 0 Å². The summed E-state index contributed by atoms with van der Waals surface area (Å²) in [5.41, 5.74) is 1.32. The number of amides is 1. The lowest BCUT2D eigenvalue weighted by Crippen LogP contribution is -2.88. The Balaban J connectivity index is 1.97. The van der Waals surface area contributed by atoms with Crippen molar-refractivity contribution in [2.75, 3.05) is 11.9 Å². The lowest BCUT2D eigenvalue weighted by atomic mass is 9.96. The van der Waals surface area contributed by atoms with Crippen LogP contribution in [0.15, 0.2) is 48.5 Å². The van der Waals surface area contributed by atoms with Crippen molar-refractivity contribution in [1.29, 1.82) is 0 Å². The minimum Gasteiger partial charge on any atom is -0.332 e. The van der Waals surface area contributed by atoms with Gasteiger partial charge in [0.2, 0.25) is 0 Å². The van der Waals surface area contributed by atoms with Crippen LogP contribution in [-0.4, -0.2) is 12.5 Å². The molecule has 3 nitrogen and oxygen atoms in total. The number of rotatable bonds is 6. The molecular formula is C18H21ClFN2O+. The molecule has 0 aliphatic carbocycles. The van der Waals surface area contributed by atoms with Gasteiger partial charge in [0.15, 0.2) is 6.54 Å². The van der Waals surface area contributed by atoms with Gasteiger partial charge in [-0.2, -0.15) is 0 Å². The van der Waals surface area contributed by atoms with Gasteiger partial charge in [0.1, 0.15) is 11.9 Å². The fourth-order valence-electron chi connectivity index (χ4n) is 2.49. The normalized spacial score (nSPS) is 12.2. The van der Waals surface area contributed by atoms with Crippen LogP contribution >= 0.6 is 11.6 Å². The van der Waals surface area contributed by atoms with E-state index < -0.39 is 5.82 Å². The molecule has 2 aromatic carbocycles. The van der Waals surface area contributed by atoms with E-state index in [4.69, 9.17) is 11.6 Å². The summed E-state index contributed by atoms with van der Waals surface area (Å²) in [6.45, 7) is 4.45. The van der Waals surface area contributed by atoms with Crippen molar-refractivity contribution < 1.29 is 14.5 Å². The first-order chi connectivity index (χ1) is 11.0. The standard InChI is InChI=1S/C18H20ClFN2O/c1-12(2)18(13-6-4-3-5-7-13)21-11-17(23)22-16-9-8-14(19)10-15(16)20/h3-10,12,18,21H,11H2,1-2H3,(H,22,23)/p+1/t18-/m1/s1. The number of hydrogen-bond donors (Lipinski definition) is 2. The van der Waals surface area contributed by atoms with Gasteiger partial charge in [0.25, 0.3) is 5.91 Å². The number of quaternary nitrogens is 1. The molecule has 23 heavy (non-hydrogen) atoms. The number of benzene rings is 2. The molecule has 0 unspecified atom stereocenters. The molecule has 0 spiro atoms. The van der Waals surface area contributed by atoms with Crippen LogP contribution in [0.4, 0.5) is 10.1 Å². The number of nitrogens with one attached hydrogen (secondary N) is 1. The number of halogens is 2. The van der Waals surface area contributed by atoms with Crippen LogP contribution in [0.3, 0.4) is 0 Å². The van der Waals surface area contributed by atoms with E-state index in [2.05, 4.69) is 31.3 Å². The smallest absolute Gasteiger partial charge is 0.279 e. The Kier molecular flexibility index (Phi) is 6.13. The minimum absolute atomic E-state index is 0.147. The highest BCUT2D eigenvalue weighted by atomic mass is 35.5. The van der Waals surface area contributed by atoms with E-state index in [0.717, 1.165) is 0 Å². The van der Waals surface area contributed by atoms with Crippen molar-refractivity contribution in [3.8, 4) is 0 Å². The summed E-state index contributed by atoms with van der Waals surface area (Å²) >= 11 is 5.70. The Morgan fingerprint density at radius 2 is 1.91 bits per heavy atom. The Morgan fingerprint density at radius 3 is 2.52 bits per heavy atom. The van der Waals surface area contributed by atoms with Crippen molar-refractivity contribution >= 4 is 23.2 Å². The number of carbonyl (C=O) groups excluding carboxylic acids is 1. The van der Waals surface area contributed by atoms with Gasteiger partial charge >= 0.3 is 0 Å². The molecule has 0 heterocycles. The van der Waals surface area contributed by atoms with Crippen LogP contribution in [0.25, 0.3) is 0 Å². The lowest BCUT2D eigenvalue weighted by molar-refractivity contribution is -0.692. The van der Waals surface area contributed by atoms with Gasteiger partial charge in [0, 0.05) is 16.5 Å². The van der Waals surface area contributed by atoms with Crippen molar-refractivity contribution in [3.05, 3.63) is 64.9 Å². The molecule has 122 valence electrons. The molecular weight excluding hydrogens is 315 g/mol. The molecule has 0 aromatic heterocycles. The highest BCUT2D eigenvalue weighted by Gasteiger charge is 2.20. The van der Waals surface area contributed by atoms with Crippen molar-refractivity contribution in [2.24, 2.45) is 5.92 Å². The maximum absolute atomic E-state index is 13.7. The minimum atomic E-state index is -0.533. The van der Waals surface area contributed by atoms with E-state index in [1.807, 2.05) is 23.5 Å². The predicted molar refractivity (Wildman–Crippen MR) is 90.9 cm³/mol. The first-order valence-corrected chi connectivity index (χ1v) is 7.98. The van der Waals surface area contributed by atoms with E-state index in [9.17, 15) is 9.18 Å². The highest BCUT2D eigenvalue weighted by molar-refractivity contribution is 6.30. The Labute approximate surface area is 140 Å². The molecule has 0 aliphatic heterocycles. The molecule has 0 aliphatic rings. The van der Waals surface area contributed by atoms with E-state index in [0.29, 0.717) is 10.9 Å². The number of hydrogen-bond acceptors (Lipinski definition) is 1. The summed E-state index contributed by atoms with van der Waals surface area (Å²) in [5.74, 6) is -0.403. The zero-order chi connectivity index (χ0) is 16.8. The van der Waals surface area contributed by atoms with Gasteiger partial charge < -0.3 is 10.6 Å². The molecule has 2 rings (SSSR count). The number of anilines is 1. The third kappa shape index (κ3) is 5.05. The largest absolute Gasteiger partial charge is 0.332 e. The third-order valence-corrected chi connectivity index (χ3v) is 3.90. The zero-order valence-corrected chi connectivity index (χ0v) is 14.0. The second kappa shape index (κ2) is 8.09. The first-order valence-electron chi connectivity index (χ1n) is 7.60. The van der Waals surface area contributed by atoms with E-state index in [-0.39, 0.29) is 24.2 Å². The summed E-state index contributed by atoms with van der Waals surface area (Å²) in [4.78, 5) is 12.1. The fourth-order valence-corrected chi connectivity index (χ4v) is 2.65. The molecule has 0 fully saturated rings. The van der Waals surface area contributed by atoms with Crippen molar-refractivity contribution in [3.63, 3.8) is 0 Å². The predicted octanol–water partition coefficient (Wildman–Crippen LogP) is 3.38. The summed E-state index contributed by atoms with van der Waals surface area (Å²) < 4.78 is 13.7. The zero-order valence-electron chi connectivity index (χ0n) is 13.2. The summed E-state index contributed by atoms with van der Waals surface area (Å²) in [7, 11) is 0. The molecule has 0 bridgehead atoms. The average Bonchev–Trinajstić information content (AvgIpc) is 2.51. The van der Waals surface area contributed by atoms with Crippen LogP contribution in [0, 0.1) is 11.7 Å². The third-order valence-electron chi connectivity index (χ3n) is 3.67.